The number of ether oxygens (including phenoxy) is 2. The minimum atomic E-state index is 0.347. The number of nitrogens with two attached hydrogens (primary N) is 1. The molecule has 3 nitrogen and oxygen atoms in total. The number of thioether (sulfide) groups is 1. The van der Waals surface area contributed by atoms with Crippen LogP contribution in [0, 0.1) is 0 Å². The normalized spacial score (nSPS) is 10.1. The van der Waals surface area contributed by atoms with Crippen LogP contribution >= 0.6 is 24.0 Å². The summed E-state index contributed by atoms with van der Waals surface area (Å²) in [6.07, 6.45) is 1.03. The van der Waals surface area contributed by atoms with Crippen LogP contribution < -0.4 is 15.2 Å². The van der Waals surface area contributed by atoms with Gasteiger partial charge in [0.05, 0.1) is 13.7 Å². The first-order valence-corrected chi connectivity index (χ1v) is 7.43. The maximum Gasteiger partial charge on any atom is 0.123 e. The first-order chi connectivity index (χ1) is 8.67. The smallest absolute Gasteiger partial charge is 0.123 e. The first kappa shape index (κ1) is 15.1. The van der Waals surface area contributed by atoms with Crippen LogP contribution in [0.15, 0.2) is 18.2 Å². The number of benzene rings is 1. The largest absolute Gasteiger partial charge is 0.497 e. The summed E-state index contributed by atoms with van der Waals surface area (Å²) in [4.78, 5) is 0.347. The van der Waals surface area contributed by atoms with Crippen molar-refractivity contribution < 1.29 is 9.47 Å². The molecule has 2 N–H and O–H groups in total. The monoisotopic (exact) mass is 285 g/mol. The zero-order valence-electron chi connectivity index (χ0n) is 10.8. The Kier molecular flexibility index (Phi) is 6.90. The summed E-state index contributed by atoms with van der Waals surface area (Å²) in [7, 11) is 1.61. The molecule has 0 fully saturated rings. The lowest BCUT2D eigenvalue weighted by atomic mass is 10.2. The number of rotatable bonds is 8. The van der Waals surface area contributed by atoms with Gasteiger partial charge in [-0.1, -0.05) is 19.1 Å². The Labute approximate surface area is 118 Å². The van der Waals surface area contributed by atoms with E-state index < -0.39 is 0 Å². The Hall–Kier alpha value is -0.940. The van der Waals surface area contributed by atoms with Gasteiger partial charge in [-0.15, -0.1) is 0 Å². The van der Waals surface area contributed by atoms with Crippen LogP contribution in [0.1, 0.15) is 18.9 Å². The molecule has 18 heavy (non-hydrogen) atoms. The highest BCUT2D eigenvalue weighted by atomic mass is 32.2. The lowest BCUT2D eigenvalue weighted by Gasteiger charge is -2.10. The summed E-state index contributed by atoms with van der Waals surface area (Å²) in [5, 5.41) is 0. The maximum atomic E-state index is 5.68. The van der Waals surface area contributed by atoms with E-state index in [0.29, 0.717) is 17.3 Å². The topological polar surface area (TPSA) is 44.5 Å². The van der Waals surface area contributed by atoms with Crippen LogP contribution in [0.25, 0.3) is 0 Å². The van der Waals surface area contributed by atoms with Gasteiger partial charge in [-0.25, -0.2) is 0 Å². The molecular formula is C13H19NO2S2. The molecule has 0 aliphatic heterocycles. The zero-order chi connectivity index (χ0) is 13.4. The molecular weight excluding hydrogens is 266 g/mol. The van der Waals surface area contributed by atoms with E-state index in [0.717, 1.165) is 29.2 Å². The summed E-state index contributed by atoms with van der Waals surface area (Å²) in [5.74, 6) is 3.71. The number of hydrogen-bond donors (Lipinski definition) is 1. The Morgan fingerprint density at radius 2 is 2.06 bits per heavy atom. The molecule has 0 spiro atoms. The van der Waals surface area contributed by atoms with E-state index in [1.165, 1.54) is 0 Å². The van der Waals surface area contributed by atoms with E-state index in [1.54, 1.807) is 7.11 Å². The summed E-state index contributed by atoms with van der Waals surface area (Å²) < 4.78 is 10.9. The molecule has 0 heterocycles. The van der Waals surface area contributed by atoms with E-state index in [-0.39, 0.29) is 0 Å². The lowest BCUT2D eigenvalue weighted by Crippen LogP contribution is -2.10. The predicted octanol–water partition coefficient (Wildman–Crippen LogP) is 2.85. The minimum Gasteiger partial charge on any atom is -0.497 e. The first-order valence-electron chi connectivity index (χ1n) is 5.86. The number of methoxy groups -OCH3 is 1. The fraction of sp³-hybridized carbons (Fsp3) is 0.462. The summed E-state index contributed by atoms with van der Waals surface area (Å²) in [5.41, 5.74) is 6.38. The molecule has 1 rings (SSSR count). The molecule has 0 amide bonds. The lowest BCUT2D eigenvalue weighted by molar-refractivity contribution is 0.316. The Morgan fingerprint density at radius 3 is 2.67 bits per heavy atom. The fourth-order valence-electron chi connectivity index (χ4n) is 1.41. The number of hydrogen-bond acceptors (Lipinski definition) is 4. The molecule has 1 aromatic rings. The van der Waals surface area contributed by atoms with Crippen molar-refractivity contribution >= 4 is 29.0 Å². The average Bonchev–Trinajstić information content (AvgIpc) is 2.38. The van der Waals surface area contributed by atoms with Gasteiger partial charge in [0.2, 0.25) is 0 Å². The molecule has 0 saturated carbocycles. The van der Waals surface area contributed by atoms with Crippen molar-refractivity contribution in [3.8, 4) is 11.5 Å². The minimum absolute atomic E-state index is 0.347. The Bertz CT molecular complexity index is 397. The van der Waals surface area contributed by atoms with Gasteiger partial charge in [-0.3, -0.25) is 0 Å². The maximum absolute atomic E-state index is 5.68. The second-order valence-electron chi connectivity index (χ2n) is 3.66. The van der Waals surface area contributed by atoms with Gasteiger partial charge < -0.3 is 15.2 Å². The van der Waals surface area contributed by atoms with Gasteiger partial charge in [-0.05, 0) is 30.1 Å². The van der Waals surface area contributed by atoms with E-state index >= 15 is 0 Å². The molecule has 0 aromatic heterocycles. The molecule has 0 bridgehead atoms. The summed E-state index contributed by atoms with van der Waals surface area (Å²) >= 11 is 6.88. The molecule has 0 aliphatic carbocycles. The standard InChI is InChI=1S/C13H19NO2S2/c1-3-18-6-4-5-16-12-8-10(13(14)17)7-11(9-12)15-2/h7-9H,3-6H2,1-2H3,(H2,14,17). The van der Waals surface area contributed by atoms with Crippen LogP contribution in [0.5, 0.6) is 11.5 Å². The van der Waals surface area contributed by atoms with Crippen molar-refractivity contribution in [2.24, 2.45) is 5.73 Å². The van der Waals surface area contributed by atoms with Gasteiger partial charge in [0.25, 0.3) is 0 Å². The highest BCUT2D eigenvalue weighted by Crippen LogP contribution is 2.23. The second-order valence-corrected chi connectivity index (χ2v) is 5.49. The van der Waals surface area contributed by atoms with Crippen molar-refractivity contribution in [2.75, 3.05) is 25.2 Å². The SMILES string of the molecule is CCSCCCOc1cc(OC)cc(C(N)=S)c1. The molecule has 0 aliphatic rings. The van der Waals surface area contributed by atoms with E-state index in [4.69, 9.17) is 27.4 Å². The van der Waals surface area contributed by atoms with Gasteiger partial charge >= 0.3 is 0 Å². The predicted molar refractivity (Wildman–Crippen MR) is 82.0 cm³/mol. The van der Waals surface area contributed by atoms with E-state index in [1.807, 2.05) is 30.0 Å². The molecule has 5 heteroatoms. The van der Waals surface area contributed by atoms with Crippen molar-refractivity contribution in [3.05, 3.63) is 23.8 Å². The Morgan fingerprint density at radius 1 is 1.33 bits per heavy atom. The van der Waals surface area contributed by atoms with Crippen molar-refractivity contribution in [1.29, 1.82) is 0 Å². The van der Waals surface area contributed by atoms with E-state index in [9.17, 15) is 0 Å². The highest BCUT2D eigenvalue weighted by Gasteiger charge is 2.04. The number of thiocarbonyl (C=S) groups is 1. The average molecular weight is 285 g/mol. The quantitative estimate of drug-likeness (QED) is 0.588. The van der Waals surface area contributed by atoms with Crippen molar-refractivity contribution in [2.45, 2.75) is 13.3 Å². The summed E-state index contributed by atoms with van der Waals surface area (Å²) in [6, 6.07) is 5.49. The molecule has 0 unspecified atom stereocenters. The van der Waals surface area contributed by atoms with E-state index in [2.05, 4.69) is 6.92 Å². The molecule has 1 aromatic carbocycles. The van der Waals surface area contributed by atoms with Crippen molar-refractivity contribution in [3.63, 3.8) is 0 Å². The molecule has 100 valence electrons. The van der Waals surface area contributed by atoms with Gasteiger partial charge in [0.1, 0.15) is 16.5 Å². The van der Waals surface area contributed by atoms with Crippen LogP contribution in [-0.2, 0) is 0 Å². The van der Waals surface area contributed by atoms with Gasteiger partial charge in [0, 0.05) is 11.6 Å². The van der Waals surface area contributed by atoms with Gasteiger partial charge in [0.15, 0.2) is 0 Å². The highest BCUT2D eigenvalue weighted by molar-refractivity contribution is 7.99. The van der Waals surface area contributed by atoms with Crippen LogP contribution in [-0.4, -0.2) is 30.2 Å². The van der Waals surface area contributed by atoms with Crippen LogP contribution in [0.3, 0.4) is 0 Å². The van der Waals surface area contributed by atoms with Crippen LogP contribution in [0.2, 0.25) is 0 Å². The van der Waals surface area contributed by atoms with Crippen LogP contribution in [0.4, 0.5) is 0 Å². The molecule has 0 saturated heterocycles. The third-order valence-corrected chi connectivity index (χ3v) is 3.53. The van der Waals surface area contributed by atoms with Crippen molar-refractivity contribution in [1.82, 2.24) is 0 Å². The molecule has 0 atom stereocenters. The zero-order valence-corrected chi connectivity index (χ0v) is 12.4. The third-order valence-electron chi connectivity index (χ3n) is 2.31. The van der Waals surface area contributed by atoms with Gasteiger partial charge in [-0.2, -0.15) is 11.8 Å². The fourth-order valence-corrected chi connectivity index (χ4v) is 2.14. The Balaban J connectivity index is 2.58. The summed E-state index contributed by atoms with van der Waals surface area (Å²) in [6.45, 7) is 2.85. The molecule has 0 radical (unpaired) electrons. The third kappa shape index (κ3) is 5.14. The second kappa shape index (κ2) is 8.21.